The lowest BCUT2D eigenvalue weighted by atomic mass is 10.3. The Labute approximate surface area is 106 Å². The molecular weight excluding hydrogens is 319 g/mol. The molecule has 0 aliphatic heterocycles. The molecule has 0 atom stereocenters. The molecule has 5 heteroatoms. The minimum Gasteiger partial charge on any atom is -0.439 e. The van der Waals surface area contributed by atoms with Crippen LogP contribution in [0.15, 0.2) is 35.1 Å². The van der Waals surface area contributed by atoms with Gasteiger partial charge in [0.25, 0.3) is 5.56 Å². The van der Waals surface area contributed by atoms with Crippen molar-refractivity contribution in [2.24, 2.45) is 0 Å². The molecule has 1 heterocycles. The fourth-order valence-corrected chi connectivity index (χ4v) is 1.77. The molecule has 2 rings (SSSR count). The van der Waals surface area contributed by atoms with Crippen LogP contribution in [-0.4, -0.2) is 9.97 Å². The Morgan fingerprint density at radius 1 is 1.38 bits per heavy atom. The number of hydrogen-bond acceptors (Lipinski definition) is 3. The zero-order valence-electron chi connectivity index (χ0n) is 8.53. The van der Waals surface area contributed by atoms with E-state index in [1.54, 1.807) is 6.92 Å². The van der Waals surface area contributed by atoms with Crippen LogP contribution in [0.25, 0.3) is 0 Å². The number of aromatic nitrogens is 2. The van der Waals surface area contributed by atoms with Gasteiger partial charge in [-0.15, -0.1) is 0 Å². The summed E-state index contributed by atoms with van der Waals surface area (Å²) in [5, 5.41) is 0. The molecule has 0 bridgehead atoms. The molecule has 0 fully saturated rings. The van der Waals surface area contributed by atoms with Crippen molar-refractivity contribution in [2.45, 2.75) is 6.92 Å². The monoisotopic (exact) mass is 328 g/mol. The Hall–Kier alpha value is -1.37. The zero-order valence-corrected chi connectivity index (χ0v) is 10.7. The number of nitrogens with zero attached hydrogens (tertiary/aromatic N) is 1. The highest BCUT2D eigenvalue weighted by molar-refractivity contribution is 14.1. The predicted octanol–water partition coefficient (Wildman–Crippen LogP) is 2.48. The molecule has 1 N–H and O–H groups in total. The van der Waals surface area contributed by atoms with E-state index >= 15 is 0 Å². The molecule has 0 amide bonds. The van der Waals surface area contributed by atoms with Crippen molar-refractivity contribution < 1.29 is 4.74 Å². The van der Waals surface area contributed by atoms with Crippen LogP contribution in [0.4, 0.5) is 0 Å². The molecule has 16 heavy (non-hydrogen) atoms. The number of nitrogens with one attached hydrogen (secondary N) is 1. The Morgan fingerprint density at radius 2 is 2.19 bits per heavy atom. The van der Waals surface area contributed by atoms with Gasteiger partial charge in [-0.1, -0.05) is 6.07 Å². The van der Waals surface area contributed by atoms with Crippen LogP contribution >= 0.6 is 22.6 Å². The van der Waals surface area contributed by atoms with E-state index in [1.165, 1.54) is 6.07 Å². The van der Waals surface area contributed by atoms with Gasteiger partial charge in [0.05, 0.1) is 6.07 Å². The van der Waals surface area contributed by atoms with Crippen molar-refractivity contribution in [3.8, 4) is 11.6 Å². The average molecular weight is 328 g/mol. The molecule has 0 aliphatic rings. The molecule has 1 aromatic heterocycles. The van der Waals surface area contributed by atoms with Gasteiger partial charge in [0, 0.05) is 3.57 Å². The van der Waals surface area contributed by atoms with Crippen LogP contribution in [0, 0.1) is 10.5 Å². The number of aryl methyl sites for hydroxylation is 1. The van der Waals surface area contributed by atoms with Crippen molar-refractivity contribution in [1.29, 1.82) is 0 Å². The average Bonchev–Trinajstić information content (AvgIpc) is 2.15. The summed E-state index contributed by atoms with van der Waals surface area (Å²) in [5.41, 5.74) is -0.215. The Bertz CT molecular complexity index is 566. The SMILES string of the molecule is Cc1nc(Oc2cccc(I)c2)cc(=O)[nH]1. The van der Waals surface area contributed by atoms with E-state index in [2.05, 4.69) is 32.6 Å². The highest BCUT2D eigenvalue weighted by Crippen LogP contribution is 2.20. The summed E-state index contributed by atoms with van der Waals surface area (Å²) >= 11 is 2.19. The van der Waals surface area contributed by atoms with Gasteiger partial charge in [0.1, 0.15) is 11.6 Å². The number of hydrogen-bond donors (Lipinski definition) is 1. The van der Waals surface area contributed by atoms with E-state index in [1.807, 2.05) is 24.3 Å². The topological polar surface area (TPSA) is 55.0 Å². The summed E-state index contributed by atoms with van der Waals surface area (Å²) < 4.78 is 6.55. The molecule has 0 saturated heterocycles. The number of ether oxygens (including phenoxy) is 1. The molecule has 2 aromatic rings. The summed E-state index contributed by atoms with van der Waals surface area (Å²) in [6.45, 7) is 1.71. The normalized spacial score (nSPS) is 10.1. The summed E-state index contributed by atoms with van der Waals surface area (Å²) in [7, 11) is 0. The molecule has 4 nitrogen and oxygen atoms in total. The van der Waals surface area contributed by atoms with Crippen molar-refractivity contribution >= 4 is 22.6 Å². The van der Waals surface area contributed by atoms with Gasteiger partial charge in [0.15, 0.2) is 0 Å². The van der Waals surface area contributed by atoms with E-state index in [-0.39, 0.29) is 5.56 Å². The van der Waals surface area contributed by atoms with Crippen LogP contribution in [0.2, 0.25) is 0 Å². The van der Waals surface area contributed by atoms with Gasteiger partial charge >= 0.3 is 0 Å². The number of H-pyrrole nitrogens is 1. The van der Waals surface area contributed by atoms with Crippen molar-refractivity contribution in [3.05, 3.63) is 50.1 Å². The third-order valence-electron chi connectivity index (χ3n) is 1.86. The van der Waals surface area contributed by atoms with Crippen molar-refractivity contribution in [3.63, 3.8) is 0 Å². The molecule has 0 saturated carbocycles. The van der Waals surface area contributed by atoms with E-state index in [4.69, 9.17) is 4.74 Å². The van der Waals surface area contributed by atoms with Gasteiger partial charge in [-0.3, -0.25) is 4.79 Å². The van der Waals surface area contributed by atoms with Gasteiger partial charge in [-0.2, -0.15) is 0 Å². The summed E-state index contributed by atoms with van der Waals surface area (Å²) in [6, 6.07) is 8.87. The quantitative estimate of drug-likeness (QED) is 0.862. The minimum atomic E-state index is -0.215. The highest BCUT2D eigenvalue weighted by Gasteiger charge is 2.01. The second-order valence-corrected chi connectivity index (χ2v) is 4.47. The molecule has 82 valence electrons. The number of aromatic amines is 1. The van der Waals surface area contributed by atoms with E-state index < -0.39 is 0 Å². The zero-order chi connectivity index (χ0) is 11.5. The second kappa shape index (κ2) is 4.65. The van der Waals surface area contributed by atoms with E-state index in [0.717, 1.165) is 3.57 Å². The van der Waals surface area contributed by atoms with Crippen LogP contribution in [0.3, 0.4) is 0 Å². The maximum atomic E-state index is 11.2. The molecule has 0 radical (unpaired) electrons. The summed E-state index contributed by atoms with van der Waals surface area (Å²) in [5.74, 6) is 1.51. The fourth-order valence-electron chi connectivity index (χ4n) is 1.26. The van der Waals surface area contributed by atoms with Crippen LogP contribution < -0.4 is 10.3 Å². The van der Waals surface area contributed by atoms with Crippen LogP contribution in [-0.2, 0) is 0 Å². The smallest absolute Gasteiger partial charge is 0.254 e. The van der Waals surface area contributed by atoms with E-state index in [9.17, 15) is 4.79 Å². The largest absolute Gasteiger partial charge is 0.439 e. The second-order valence-electron chi connectivity index (χ2n) is 3.23. The lowest BCUT2D eigenvalue weighted by molar-refractivity contribution is 0.458. The molecular formula is C11H9IN2O2. The fraction of sp³-hybridized carbons (Fsp3) is 0.0909. The predicted molar refractivity (Wildman–Crippen MR) is 68.8 cm³/mol. The third-order valence-corrected chi connectivity index (χ3v) is 2.53. The van der Waals surface area contributed by atoms with Gasteiger partial charge in [-0.05, 0) is 47.7 Å². The van der Waals surface area contributed by atoms with Crippen LogP contribution in [0.5, 0.6) is 11.6 Å². The van der Waals surface area contributed by atoms with Crippen LogP contribution in [0.1, 0.15) is 5.82 Å². The number of benzene rings is 1. The first-order valence-electron chi connectivity index (χ1n) is 4.65. The minimum absolute atomic E-state index is 0.215. The van der Waals surface area contributed by atoms with Crippen molar-refractivity contribution in [2.75, 3.05) is 0 Å². The first kappa shape index (κ1) is 11.1. The first-order chi connectivity index (χ1) is 7.63. The van der Waals surface area contributed by atoms with Gasteiger partial charge in [-0.25, -0.2) is 4.98 Å². The lowest BCUT2D eigenvalue weighted by Gasteiger charge is -2.04. The first-order valence-corrected chi connectivity index (χ1v) is 5.73. The Balaban J connectivity index is 2.30. The Morgan fingerprint density at radius 3 is 2.88 bits per heavy atom. The molecule has 0 unspecified atom stereocenters. The molecule has 1 aromatic carbocycles. The Kier molecular flexibility index (Phi) is 3.23. The molecule has 0 spiro atoms. The maximum Gasteiger partial charge on any atom is 0.254 e. The van der Waals surface area contributed by atoms with Gasteiger partial charge in [0.2, 0.25) is 5.88 Å². The number of rotatable bonds is 2. The highest BCUT2D eigenvalue weighted by atomic mass is 127. The van der Waals surface area contributed by atoms with Gasteiger partial charge < -0.3 is 9.72 Å². The molecule has 0 aliphatic carbocycles. The lowest BCUT2D eigenvalue weighted by Crippen LogP contribution is -2.08. The van der Waals surface area contributed by atoms with Crippen molar-refractivity contribution in [1.82, 2.24) is 9.97 Å². The number of halogens is 1. The standard InChI is InChI=1S/C11H9IN2O2/c1-7-13-10(15)6-11(14-7)16-9-4-2-3-8(12)5-9/h2-6H,1H3,(H,13,14,15). The third kappa shape index (κ3) is 2.82. The summed E-state index contributed by atoms with van der Waals surface area (Å²) in [6.07, 6.45) is 0. The maximum absolute atomic E-state index is 11.2. The summed E-state index contributed by atoms with van der Waals surface area (Å²) in [4.78, 5) is 17.8. The van der Waals surface area contributed by atoms with E-state index in [0.29, 0.717) is 17.5 Å².